The van der Waals surface area contributed by atoms with E-state index in [1.165, 1.54) is 0 Å². The summed E-state index contributed by atoms with van der Waals surface area (Å²) in [6.07, 6.45) is 4.93. The zero-order chi connectivity index (χ0) is 28.1. The lowest BCUT2D eigenvalue weighted by Crippen LogP contribution is -2.39. The Labute approximate surface area is 243 Å². The van der Waals surface area contributed by atoms with Crippen LogP contribution in [0, 0.1) is 11.7 Å². The Bertz CT molecular complexity index is 1600. The van der Waals surface area contributed by atoms with Gasteiger partial charge in [-0.2, -0.15) is 9.97 Å². The monoisotopic (exact) mass is 576 g/mol. The first-order valence-corrected chi connectivity index (χ1v) is 14.7. The van der Waals surface area contributed by atoms with Crippen LogP contribution in [0.2, 0.25) is 5.02 Å². The van der Waals surface area contributed by atoms with Crippen molar-refractivity contribution in [1.82, 2.24) is 25.2 Å². The van der Waals surface area contributed by atoms with Crippen LogP contribution in [0.4, 0.5) is 10.2 Å². The summed E-state index contributed by atoms with van der Waals surface area (Å²) in [4.78, 5) is 18.6. The van der Waals surface area contributed by atoms with Gasteiger partial charge in [0, 0.05) is 61.0 Å². The fraction of sp³-hybridized carbons (Fsp3) is 0.452. The van der Waals surface area contributed by atoms with E-state index >= 15 is 4.39 Å². The summed E-state index contributed by atoms with van der Waals surface area (Å²) in [6, 6.07) is 12.1. The van der Waals surface area contributed by atoms with Crippen LogP contribution in [0.15, 0.2) is 42.6 Å². The highest BCUT2D eigenvalue weighted by Crippen LogP contribution is 2.38. The molecule has 2 aromatic heterocycles. The number of methoxy groups -OCH3 is 1. The van der Waals surface area contributed by atoms with Crippen LogP contribution < -0.4 is 15.0 Å². The van der Waals surface area contributed by atoms with Crippen molar-refractivity contribution in [1.29, 1.82) is 0 Å². The second kappa shape index (κ2) is 10.9. The van der Waals surface area contributed by atoms with E-state index in [4.69, 9.17) is 26.1 Å². The fourth-order valence-corrected chi connectivity index (χ4v) is 7.01. The van der Waals surface area contributed by atoms with E-state index in [9.17, 15) is 0 Å². The third-order valence-corrected chi connectivity index (χ3v) is 9.32. The van der Waals surface area contributed by atoms with Gasteiger partial charge in [-0.05, 0) is 50.2 Å². The molecule has 1 N–H and O–H groups in total. The number of anilines is 1. The third-order valence-electron chi connectivity index (χ3n) is 9.00. The van der Waals surface area contributed by atoms with Gasteiger partial charge in [0.1, 0.15) is 23.6 Å². The van der Waals surface area contributed by atoms with E-state index in [-0.39, 0.29) is 29.4 Å². The third kappa shape index (κ3) is 4.99. The lowest BCUT2D eigenvalue weighted by molar-refractivity contribution is 0.111. The Morgan fingerprint density at radius 3 is 2.80 bits per heavy atom. The van der Waals surface area contributed by atoms with Crippen LogP contribution >= 0.6 is 11.6 Å². The smallest absolute Gasteiger partial charge is 0.319 e. The van der Waals surface area contributed by atoms with Gasteiger partial charge in [0.25, 0.3) is 0 Å². The molecule has 0 saturated carbocycles. The van der Waals surface area contributed by atoms with Gasteiger partial charge in [0.2, 0.25) is 0 Å². The Hall–Kier alpha value is -3.11. The molecule has 0 amide bonds. The summed E-state index contributed by atoms with van der Waals surface area (Å²) in [7, 11) is 3.80. The van der Waals surface area contributed by atoms with Gasteiger partial charge < -0.3 is 19.7 Å². The number of likely N-dealkylation sites (N-methyl/N-ethyl adjacent to an activating group) is 1. The van der Waals surface area contributed by atoms with Crippen molar-refractivity contribution in [3.05, 3.63) is 53.4 Å². The van der Waals surface area contributed by atoms with Crippen LogP contribution in [0.25, 0.3) is 32.9 Å². The van der Waals surface area contributed by atoms with Crippen molar-refractivity contribution in [2.75, 3.05) is 51.8 Å². The van der Waals surface area contributed by atoms with E-state index in [2.05, 4.69) is 32.1 Å². The number of aromatic nitrogens is 3. The molecule has 214 valence electrons. The lowest BCUT2D eigenvalue weighted by Gasteiger charge is -2.28. The molecule has 2 aromatic carbocycles. The number of hydrogen-bond donors (Lipinski definition) is 1. The first-order chi connectivity index (χ1) is 20.0. The Morgan fingerprint density at radius 1 is 1.12 bits per heavy atom. The van der Waals surface area contributed by atoms with E-state index in [1.54, 1.807) is 13.3 Å². The number of benzene rings is 2. The zero-order valence-corrected chi connectivity index (χ0v) is 24.1. The van der Waals surface area contributed by atoms with Crippen LogP contribution in [0.5, 0.6) is 6.01 Å². The molecule has 4 atom stereocenters. The Kier molecular flexibility index (Phi) is 7.15. The molecule has 2 unspecified atom stereocenters. The number of ether oxygens (including phenoxy) is 2. The average molecular weight is 577 g/mol. The highest BCUT2D eigenvalue weighted by Gasteiger charge is 2.33. The van der Waals surface area contributed by atoms with Crippen molar-refractivity contribution < 1.29 is 13.9 Å². The molecule has 3 saturated heterocycles. The molecule has 0 radical (unpaired) electrons. The Morgan fingerprint density at radius 2 is 1.98 bits per heavy atom. The number of pyridine rings is 1. The summed E-state index contributed by atoms with van der Waals surface area (Å²) in [5.41, 5.74) is 1.04. The Balaban J connectivity index is 1.32. The minimum Gasteiger partial charge on any atom is -0.462 e. The SMILES string of the molecule is CO[C@@H]1C[C@@H](COc2nc(N3CCC4CNC(C4)C3)c3cnc(-c4cccc5cccc(Cl)c45)c(F)c3n2)N(C)C1. The fourth-order valence-electron chi connectivity index (χ4n) is 6.72. The zero-order valence-electron chi connectivity index (χ0n) is 23.3. The van der Waals surface area contributed by atoms with Crippen LogP contribution in [-0.2, 0) is 4.74 Å². The average Bonchev–Trinajstić information content (AvgIpc) is 3.52. The van der Waals surface area contributed by atoms with Gasteiger partial charge in [-0.25, -0.2) is 4.39 Å². The van der Waals surface area contributed by atoms with Gasteiger partial charge in [-0.15, -0.1) is 0 Å². The molecule has 3 aliphatic rings. The number of hydrogen-bond acceptors (Lipinski definition) is 8. The number of rotatable bonds is 6. The molecule has 8 nitrogen and oxygen atoms in total. The first kappa shape index (κ1) is 26.8. The summed E-state index contributed by atoms with van der Waals surface area (Å²) in [5, 5.41) is 6.45. The van der Waals surface area contributed by atoms with Crippen LogP contribution in [-0.4, -0.2) is 85.0 Å². The van der Waals surface area contributed by atoms with Crippen molar-refractivity contribution in [3.8, 4) is 17.3 Å². The number of halogens is 2. The summed E-state index contributed by atoms with van der Waals surface area (Å²) < 4.78 is 28.3. The van der Waals surface area contributed by atoms with Gasteiger partial charge in [0.05, 0.1) is 11.5 Å². The minimum absolute atomic E-state index is 0.163. The highest BCUT2D eigenvalue weighted by molar-refractivity contribution is 6.36. The summed E-state index contributed by atoms with van der Waals surface area (Å²) in [6.45, 7) is 3.94. The van der Waals surface area contributed by atoms with Crippen LogP contribution in [0.3, 0.4) is 0 Å². The maximum Gasteiger partial charge on any atom is 0.319 e. The summed E-state index contributed by atoms with van der Waals surface area (Å²) >= 11 is 6.60. The molecule has 41 heavy (non-hydrogen) atoms. The molecular formula is C31H34ClFN6O2. The number of fused-ring (bicyclic) bond motifs is 4. The van der Waals surface area contributed by atoms with Crippen LogP contribution in [0.1, 0.15) is 19.3 Å². The largest absolute Gasteiger partial charge is 0.462 e. The number of nitrogens with zero attached hydrogens (tertiary/aromatic N) is 5. The topological polar surface area (TPSA) is 75.6 Å². The lowest BCUT2D eigenvalue weighted by atomic mass is 10.0. The molecule has 4 aromatic rings. The van der Waals surface area contributed by atoms with Gasteiger partial charge in [-0.3, -0.25) is 9.88 Å². The molecular weight excluding hydrogens is 543 g/mol. The predicted octanol–water partition coefficient (Wildman–Crippen LogP) is 4.92. The maximum atomic E-state index is 16.6. The normalized spacial score (nSPS) is 24.8. The number of nitrogens with one attached hydrogen (secondary N) is 1. The van der Waals surface area contributed by atoms with Crippen molar-refractivity contribution in [3.63, 3.8) is 0 Å². The second-order valence-electron chi connectivity index (χ2n) is 11.6. The number of likely N-dealkylation sites (tertiary alicyclic amines) is 1. The molecule has 2 bridgehead atoms. The predicted molar refractivity (Wildman–Crippen MR) is 159 cm³/mol. The minimum atomic E-state index is -0.504. The van der Waals surface area contributed by atoms with E-state index in [1.807, 2.05) is 36.4 Å². The first-order valence-electron chi connectivity index (χ1n) is 14.4. The molecule has 3 fully saturated rings. The molecule has 5 heterocycles. The quantitative estimate of drug-likeness (QED) is 0.347. The standard InChI is InChI=1S/C31H34ClFN6O2/c1-38-16-22(40-2)12-21(38)17-41-31-36-29-24(30(37-31)39-10-9-18-11-20(15-39)34-13-18)14-35-28(27(29)33)23-7-3-5-19-6-4-8-25(32)26(19)23/h3-8,14,18,20-22,34H,9-13,15-17H2,1-2H3/t18?,20?,21-,22+/m0/s1. The van der Waals surface area contributed by atoms with E-state index in [0.29, 0.717) is 40.4 Å². The molecule has 10 heteroatoms. The van der Waals surface area contributed by atoms with E-state index in [0.717, 1.165) is 56.2 Å². The van der Waals surface area contributed by atoms with Gasteiger partial charge in [0.15, 0.2) is 5.82 Å². The molecule has 7 rings (SSSR count). The van der Waals surface area contributed by atoms with Crippen molar-refractivity contribution in [2.24, 2.45) is 5.92 Å². The van der Waals surface area contributed by atoms with Crippen molar-refractivity contribution >= 4 is 39.1 Å². The maximum absolute atomic E-state index is 16.6. The van der Waals surface area contributed by atoms with E-state index < -0.39 is 5.82 Å². The summed E-state index contributed by atoms with van der Waals surface area (Å²) in [5.74, 6) is 0.816. The highest BCUT2D eigenvalue weighted by atomic mass is 35.5. The molecule has 0 spiro atoms. The van der Waals surface area contributed by atoms with Gasteiger partial charge in [-0.1, -0.05) is 41.9 Å². The second-order valence-corrected chi connectivity index (χ2v) is 12.0. The van der Waals surface area contributed by atoms with Gasteiger partial charge >= 0.3 is 6.01 Å². The molecule has 0 aliphatic carbocycles. The molecule has 3 aliphatic heterocycles. The van der Waals surface area contributed by atoms with Crippen molar-refractivity contribution in [2.45, 2.75) is 37.5 Å².